The normalized spacial score (nSPS) is 17.7. The molecule has 1 atom stereocenters. The van der Waals surface area contributed by atoms with Gasteiger partial charge in [-0.15, -0.1) is 0 Å². The standard InChI is InChI=1S/C20H22N6O/c1-14-22-10-15(11-23-14)12-26-8-2-3-17(13-26)18-9-19(27)25-20(24-18)16-4-6-21-7-5-16/h4-7,9-11,17H,2-3,8,12-13H2,1H3,(H,24,25,27). The minimum atomic E-state index is -0.115. The van der Waals surface area contributed by atoms with Crippen LogP contribution in [0.15, 0.2) is 47.8 Å². The highest BCUT2D eigenvalue weighted by Crippen LogP contribution is 2.27. The molecule has 1 N–H and O–H groups in total. The first kappa shape index (κ1) is 17.5. The number of aryl methyl sites for hydroxylation is 1. The van der Waals surface area contributed by atoms with E-state index in [2.05, 4.69) is 24.8 Å². The van der Waals surface area contributed by atoms with Crippen molar-refractivity contribution in [3.05, 3.63) is 70.4 Å². The number of rotatable bonds is 4. The van der Waals surface area contributed by atoms with Crippen LogP contribution < -0.4 is 5.56 Å². The minimum absolute atomic E-state index is 0.115. The molecule has 1 unspecified atom stereocenters. The molecule has 27 heavy (non-hydrogen) atoms. The second kappa shape index (κ2) is 7.75. The number of aromatic nitrogens is 5. The molecule has 0 bridgehead atoms. The SMILES string of the molecule is Cc1ncc(CN2CCCC(c3cc(=O)[nH]c(-c4ccncc4)n3)C2)cn1. The van der Waals surface area contributed by atoms with Gasteiger partial charge < -0.3 is 4.98 Å². The Kier molecular flexibility index (Phi) is 5.02. The fraction of sp³-hybridized carbons (Fsp3) is 0.350. The lowest BCUT2D eigenvalue weighted by atomic mass is 9.94. The van der Waals surface area contributed by atoms with Crippen molar-refractivity contribution in [3.8, 4) is 11.4 Å². The van der Waals surface area contributed by atoms with Gasteiger partial charge in [-0.2, -0.15) is 0 Å². The van der Waals surface area contributed by atoms with Crippen LogP contribution in [0.2, 0.25) is 0 Å². The van der Waals surface area contributed by atoms with E-state index >= 15 is 0 Å². The molecule has 1 aliphatic rings. The summed E-state index contributed by atoms with van der Waals surface area (Å²) in [6, 6.07) is 5.34. The topological polar surface area (TPSA) is 87.7 Å². The summed E-state index contributed by atoms with van der Waals surface area (Å²) in [5, 5.41) is 0. The van der Waals surface area contributed by atoms with E-state index in [1.165, 1.54) is 0 Å². The van der Waals surface area contributed by atoms with Crippen LogP contribution in [0.5, 0.6) is 0 Å². The molecule has 1 fully saturated rings. The average Bonchev–Trinajstić information content (AvgIpc) is 2.70. The Bertz CT molecular complexity index is 954. The van der Waals surface area contributed by atoms with Gasteiger partial charge in [0.05, 0.1) is 5.69 Å². The smallest absolute Gasteiger partial charge is 0.251 e. The first-order chi connectivity index (χ1) is 13.2. The predicted molar refractivity (Wildman–Crippen MR) is 102 cm³/mol. The van der Waals surface area contributed by atoms with Crippen LogP contribution in [0.1, 0.15) is 35.8 Å². The Balaban J connectivity index is 1.53. The third-order valence-electron chi connectivity index (χ3n) is 4.88. The molecular weight excluding hydrogens is 340 g/mol. The number of hydrogen-bond acceptors (Lipinski definition) is 6. The first-order valence-corrected chi connectivity index (χ1v) is 9.19. The summed E-state index contributed by atoms with van der Waals surface area (Å²) >= 11 is 0. The lowest BCUT2D eigenvalue weighted by Gasteiger charge is -2.32. The quantitative estimate of drug-likeness (QED) is 0.766. The van der Waals surface area contributed by atoms with E-state index in [9.17, 15) is 4.79 Å². The second-order valence-corrected chi connectivity index (χ2v) is 6.97. The molecule has 0 saturated carbocycles. The van der Waals surface area contributed by atoms with Gasteiger partial charge >= 0.3 is 0 Å². The molecule has 1 aliphatic heterocycles. The van der Waals surface area contributed by atoms with Crippen LogP contribution in [0.3, 0.4) is 0 Å². The molecular formula is C20H22N6O. The maximum Gasteiger partial charge on any atom is 0.251 e. The summed E-state index contributed by atoms with van der Waals surface area (Å²) in [6.07, 6.45) is 9.30. The molecule has 1 saturated heterocycles. The van der Waals surface area contributed by atoms with Gasteiger partial charge in [0.2, 0.25) is 0 Å². The van der Waals surface area contributed by atoms with E-state index in [1.807, 2.05) is 31.5 Å². The number of piperidine rings is 1. The Morgan fingerprint density at radius 3 is 2.78 bits per heavy atom. The van der Waals surface area contributed by atoms with Gasteiger partial charge in [-0.25, -0.2) is 15.0 Å². The molecule has 0 amide bonds. The summed E-state index contributed by atoms with van der Waals surface area (Å²) in [7, 11) is 0. The monoisotopic (exact) mass is 362 g/mol. The lowest BCUT2D eigenvalue weighted by Crippen LogP contribution is -2.34. The Labute approximate surface area is 157 Å². The van der Waals surface area contributed by atoms with E-state index in [-0.39, 0.29) is 11.5 Å². The van der Waals surface area contributed by atoms with Crippen molar-refractivity contribution >= 4 is 0 Å². The number of aromatic amines is 1. The van der Waals surface area contributed by atoms with Gasteiger partial charge in [0, 0.05) is 61.0 Å². The molecule has 0 radical (unpaired) electrons. The molecule has 0 aliphatic carbocycles. The van der Waals surface area contributed by atoms with Crippen molar-refractivity contribution in [2.45, 2.75) is 32.2 Å². The van der Waals surface area contributed by atoms with E-state index in [1.54, 1.807) is 18.5 Å². The zero-order valence-corrected chi connectivity index (χ0v) is 15.3. The van der Waals surface area contributed by atoms with Crippen molar-refractivity contribution in [2.24, 2.45) is 0 Å². The Morgan fingerprint density at radius 2 is 2.00 bits per heavy atom. The van der Waals surface area contributed by atoms with Gasteiger partial charge in [0.25, 0.3) is 5.56 Å². The zero-order valence-electron chi connectivity index (χ0n) is 15.3. The summed E-state index contributed by atoms with van der Waals surface area (Å²) in [5.74, 6) is 1.63. The molecule has 4 rings (SSSR count). The van der Waals surface area contributed by atoms with Gasteiger partial charge in [-0.3, -0.25) is 14.7 Å². The van der Waals surface area contributed by atoms with E-state index in [0.29, 0.717) is 5.82 Å². The molecule has 0 spiro atoms. The van der Waals surface area contributed by atoms with E-state index in [4.69, 9.17) is 4.98 Å². The highest BCUT2D eigenvalue weighted by molar-refractivity contribution is 5.53. The number of pyridine rings is 1. The van der Waals surface area contributed by atoms with Gasteiger partial charge in [0.15, 0.2) is 0 Å². The predicted octanol–water partition coefficient (Wildman–Crippen LogP) is 2.31. The Hall–Kier alpha value is -2.93. The van der Waals surface area contributed by atoms with E-state index < -0.39 is 0 Å². The number of H-pyrrole nitrogens is 1. The molecule has 0 aromatic carbocycles. The van der Waals surface area contributed by atoms with Gasteiger partial charge in [0.1, 0.15) is 11.6 Å². The molecule has 3 aromatic rings. The summed E-state index contributed by atoms with van der Waals surface area (Å²) in [6.45, 7) is 4.61. The van der Waals surface area contributed by atoms with Gasteiger partial charge in [-0.1, -0.05) is 0 Å². The largest absolute Gasteiger partial charge is 0.307 e. The van der Waals surface area contributed by atoms with Crippen LogP contribution in [-0.2, 0) is 6.54 Å². The second-order valence-electron chi connectivity index (χ2n) is 6.97. The Morgan fingerprint density at radius 1 is 1.22 bits per heavy atom. The summed E-state index contributed by atoms with van der Waals surface area (Å²) in [4.78, 5) is 34.7. The zero-order chi connectivity index (χ0) is 18.6. The van der Waals surface area contributed by atoms with Crippen LogP contribution in [0.25, 0.3) is 11.4 Å². The maximum atomic E-state index is 12.2. The average molecular weight is 362 g/mol. The van der Waals surface area contributed by atoms with Crippen molar-refractivity contribution in [3.63, 3.8) is 0 Å². The van der Waals surface area contributed by atoms with Crippen LogP contribution in [-0.4, -0.2) is 42.9 Å². The highest BCUT2D eigenvalue weighted by Gasteiger charge is 2.23. The lowest BCUT2D eigenvalue weighted by molar-refractivity contribution is 0.198. The number of nitrogens with one attached hydrogen (secondary N) is 1. The first-order valence-electron chi connectivity index (χ1n) is 9.19. The maximum absolute atomic E-state index is 12.2. The third-order valence-corrected chi connectivity index (χ3v) is 4.88. The highest BCUT2D eigenvalue weighted by atomic mass is 16.1. The fourth-order valence-electron chi connectivity index (χ4n) is 3.53. The molecule has 3 aromatic heterocycles. The van der Waals surface area contributed by atoms with Gasteiger partial charge in [-0.05, 0) is 38.4 Å². The van der Waals surface area contributed by atoms with Crippen LogP contribution >= 0.6 is 0 Å². The molecule has 7 nitrogen and oxygen atoms in total. The van der Waals surface area contributed by atoms with Crippen molar-refractivity contribution in [2.75, 3.05) is 13.1 Å². The number of hydrogen-bond donors (Lipinski definition) is 1. The third kappa shape index (κ3) is 4.25. The van der Waals surface area contributed by atoms with Crippen LogP contribution in [0.4, 0.5) is 0 Å². The van der Waals surface area contributed by atoms with Crippen molar-refractivity contribution < 1.29 is 0 Å². The minimum Gasteiger partial charge on any atom is -0.307 e. The number of likely N-dealkylation sites (tertiary alicyclic amines) is 1. The van der Waals surface area contributed by atoms with E-state index in [0.717, 1.165) is 55.1 Å². The fourth-order valence-corrected chi connectivity index (χ4v) is 3.53. The van der Waals surface area contributed by atoms with Crippen LogP contribution in [0, 0.1) is 6.92 Å². The number of nitrogens with zero attached hydrogens (tertiary/aromatic N) is 5. The molecule has 7 heteroatoms. The van der Waals surface area contributed by atoms with Crippen molar-refractivity contribution in [1.29, 1.82) is 0 Å². The van der Waals surface area contributed by atoms with Crippen molar-refractivity contribution in [1.82, 2.24) is 29.8 Å². The molecule has 138 valence electrons. The summed E-state index contributed by atoms with van der Waals surface area (Å²) < 4.78 is 0. The summed E-state index contributed by atoms with van der Waals surface area (Å²) in [5.41, 5.74) is 2.72. The molecule has 4 heterocycles.